The lowest BCUT2D eigenvalue weighted by Crippen LogP contribution is -2.42. The minimum atomic E-state index is -1.17. The van der Waals surface area contributed by atoms with Crippen LogP contribution in [-0.4, -0.2) is 64.3 Å². The first-order valence-corrected chi connectivity index (χ1v) is 11.3. The molecule has 0 bridgehead atoms. The molecule has 1 saturated heterocycles. The Balaban J connectivity index is 1.62. The molecule has 4 rings (SSSR count). The van der Waals surface area contributed by atoms with E-state index in [2.05, 4.69) is 14.9 Å². The molecule has 1 aromatic carbocycles. The average Bonchev–Trinajstić information content (AvgIpc) is 3.20. The largest absolute Gasteiger partial charge is 0.382 e. The minimum Gasteiger partial charge on any atom is -0.382 e. The number of piperidine rings is 1. The van der Waals surface area contributed by atoms with Gasteiger partial charge in [0.05, 0.1) is 18.2 Å². The van der Waals surface area contributed by atoms with Crippen LogP contribution in [0.2, 0.25) is 5.02 Å². The predicted octanol–water partition coefficient (Wildman–Crippen LogP) is 3.92. The maximum absolute atomic E-state index is 15.5. The van der Waals surface area contributed by atoms with Gasteiger partial charge in [-0.25, -0.2) is 23.7 Å². The summed E-state index contributed by atoms with van der Waals surface area (Å²) in [6.45, 7) is 3.88. The fraction of sp³-hybridized carbons (Fsp3) is 0.435. The maximum atomic E-state index is 15.5. The summed E-state index contributed by atoms with van der Waals surface area (Å²) in [7, 11) is 3.99. The number of alkyl halides is 1. The second-order valence-electron chi connectivity index (χ2n) is 8.70. The van der Waals surface area contributed by atoms with E-state index in [1.807, 2.05) is 24.9 Å². The highest BCUT2D eigenvalue weighted by molar-refractivity contribution is 6.35. The van der Waals surface area contributed by atoms with Crippen LogP contribution in [-0.2, 0) is 6.54 Å². The van der Waals surface area contributed by atoms with E-state index in [9.17, 15) is 4.39 Å². The molecule has 2 aromatic heterocycles. The van der Waals surface area contributed by atoms with E-state index < -0.39 is 6.17 Å². The number of aryl methyl sites for hydroxylation is 1. The molecule has 0 radical (unpaired) electrons. The molecule has 10 heteroatoms. The Morgan fingerprint density at radius 1 is 1.27 bits per heavy atom. The van der Waals surface area contributed by atoms with Crippen LogP contribution in [0.15, 0.2) is 30.7 Å². The van der Waals surface area contributed by atoms with Gasteiger partial charge in [0.15, 0.2) is 5.82 Å². The standard InChI is InChI=1S/C23H28ClF2N7/c1-14-10-15(4-5-17(14)25)19-12-33(9-8-31(2)3)22(30-19)16-6-7-32(11-18(16)26)23-20(24)21(27)28-13-29-23/h4-5,10,12-13,16,18H,6-9,11H2,1-3H3,(H2,27,28,29)/t16-,18+/m0/s1. The fourth-order valence-corrected chi connectivity index (χ4v) is 4.36. The molecule has 0 unspecified atom stereocenters. The van der Waals surface area contributed by atoms with Gasteiger partial charge in [0.2, 0.25) is 0 Å². The number of halogens is 3. The van der Waals surface area contributed by atoms with Crippen LogP contribution in [0.4, 0.5) is 20.4 Å². The third kappa shape index (κ3) is 4.94. The van der Waals surface area contributed by atoms with E-state index in [4.69, 9.17) is 22.3 Å². The average molecular weight is 476 g/mol. The Labute approximate surface area is 197 Å². The summed E-state index contributed by atoms with van der Waals surface area (Å²) >= 11 is 6.26. The second-order valence-corrected chi connectivity index (χ2v) is 9.08. The van der Waals surface area contributed by atoms with Crippen molar-refractivity contribution in [3.63, 3.8) is 0 Å². The quantitative estimate of drug-likeness (QED) is 0.582. The van der Waals surface area contributed by atoms with Crippen LogP contribution in [0.3, 0.4) is 0 Å². The number of likely N-dealkylation sites (N-methyl/N-ethyl adjacent to an activating group) is 1. The van der Waals surface area contributed by atoms with Gasteiger partial charge in [-0.3, -0.25) is 0 Å². The van der Waals surface area contributed by atoms with Crippen LogP contribution in [0.5, 0.6) is 0 Å². The third-order valence-corrected chi connectivity index (χ3v) is 6.38. The molecule has 1 aliphatic heterocycles. The SMILES string of the molecule is Cc1cc(-c2cn(CCN(C)C)c([C@H]3CCN(c4ncnc(N)c4Cl)C[C@H]3F)n2)ccc1F. The zero-order valence-electron chi connectivity index (χ0n) is 19.0. The number of benzene rings is 1. The number of hydrogen-bond donors (Lipinski definition) is 1. The van der Waals surface area contributed by atoms with Gasteiger partial charge in [0.25, 0.3) is 0 Å². The van der Waals surface area contributed by atoms with Crippen molar-refractivity contribution in [3.8, 4) is 11.3 Å². The third-order valence-electron chi connectivity index (χ3n) is 6.02. The molecular formula is C23H28ClF2N7. The molecule has 176 valence electrons. The monoisotopic (exact) mass is 475 g/mol. The molecule has 1 fully saturated rings. The Hall–Kier alpha value is -2.78. The van der Waals surface area contributed by atoms with E-state index >= 15 is 4.39 Å². The number of nitrogens with two attached hydrogens (primary N) is 1. The van der Waals surface area contributed by atoms with Crippen LogP contribution in [0.25, 0.3) is 11.3 Å². The van der Waals surface area contributed by atoms with Crippen LogP contribution in [0, 0.1) is 12.7 Å². The molecular weight excluding hydrogens is 448 g/mol. The van der Waals surface area contributed by atoms with E-state index in [1.165, 1.54) is 12.4 Å². The summed E-state index contributed by atoms with van der Waals surface area (Å²) in [4.78, 5) is 16.8. The van der Waals surface area contributed by atoms with Crippen molar-refractivity contribution >= 4 is 23.2 Å². The lowest BCUT2D eigenvalue weighted by molar-refractivity contribution is 0.237. The summed E-state index contributed by atoms with van der Waals surface area (Å²) < 4.78 is 31.3. The van der Waals surface area contributed by atoms with Crippen molar-refractivity contribution < 1.29 is 8.78 Å². The summed E-state index contributed by atoms with van der Waals surface area (Å²) in [5.74, 6) is 0.693. The number of aromatic nitrogens is 4. The van der Waals surface area contributed by atoms with Crippen LogP contribution < -0.4 is 10.6 Å². The van der Waals surface area contributed by atoms with E-state index in [0.29, 0.717) is 42.4 Å². The zero-order chi connectivity index (χ0) is 23.7. The molecule has 33 heavy (non-hydrogen) atoms. The Bertz CT molecular complexity index is 1130. The lowest BCUT2D eigenvalue weighted by Gasteiger charge is -2.35. The predicted molar refractivity (Wildman–Crippen MR) is 127 cm³/mol. The number of imidazole rings is 1. The fourth-order valence-electron chi connectivity index (χ4n) is 4.14. The lowest BCUT2D eigenvalue weighted by atomic mass is 9.94. The molecule has 3 heterocycles. The normalized spacial score (nSPS) is 18.8. The summed E-state index contributed by atoms with van der Waals surface area (Å²) in [6.07, 6.45) is 2.64. The summed E-state index contributed by atoms with van der Waals surface area (Å²) in [6, 6.07) is 4.92. The Morgan fingerprint density at radius 3 is 2.76 bits per heavy atom. The molecule has 0 aliphatic carbocycles. The van der Waals surface area contributed by atoms with Crippen molar-refractivity contribution in [1.29, 1.82) is 0 Å². The molecule has 2 N–H and O–H groups in total. The van der Waals surface area contributed by atoms with Gasteiger partial charge in [0, 0.05) is 31.4 Å². The van der Waals surface area contributed by atoms with Gasteiger partial charge in [-0.2, -0.15) is 0 Å². The van der Waals surface area contributed by atoms with Gasteiger partial charge in [0.1, 0.15) is 35.0 Å². The number of rotatable bonds is 6. The smallest absolute Gasteiger partial charge is 0.153 e. The van der Waals surface area contributed by atoms with Gasteiger partial charge < -0.3 is 20.1 Å². The van der Waals surface area contributed by atoms with Crippen molar-refractivity contribution in [2.24, 2.45) is 0 Å². The topological polar surface area (TPSA) is 76.1 Å². The van der Waals surface area contributed by atoms with Gasteiger partial charge in [-0.15, -0.1) is 0 Å². The van der Waals surface area contributed by atoms with Crippen molar-refractivity contribution in [2.45, 2.75) is 32.0 Å². The molecule has 7 nitrogen and oxygen atoms in total. The van der Waals surface area contributed by atoms with Crippen molar-refractivity contribution in [2.75, 3.05) is 44.4 Å². The number of anilines is 2. The highest BCUT2D eigenvalue weighted by Crippen LogP contribution is 2.36. The van der Waals surface area contributed by atoms with Gasteiger partial charge in [-0.1, -0.05) is 11.6 Å². The van der Waals surface area contributed by atoms with Crippen molar-refractivity contribution in [1.82, 2.24) is 24.4 Å². The number of hydrogen-bond acceptors (Lipinski definition) is 6. The summed E-state index contributed by atoms with van der Waals surface area (Å²) in [5.41, 5.74) is 7.87. The molecule has 0 amide bonds. The molecule has 3 aromatic rings. The first kappa shape index (κ1) is 23.4. The summed E-state index contributed by atoms with van der Waals surface area (Å²) in [5, 5.41) is 0.240. The molecule has 2 atom stereocenters. The number of nitrogens with zero attached hydrogens (tertiary/aromatic N) is 6. The molecule has 0 saturated carbocycles. The Kier molecular flexibility index (Phi) is 6.81. The minimum absolute atomic E-state index is 0.131. The van der Waals surface area contributed by atoms with E-state index in [0.717, 1.165) is 12.1 Å². The molecule has 0 spiro atoms. The zero-order valence-corrected chi connectivity index (χ0v) is 19.7. The highest BCUT2D eigenvalue weighted by atomic mass is 35.5. The van der Waals surface area contributed by atoms with Crippen LogP contribution in [0.1, 0.15) is 23.7 Å². The van der Waals surface area contributed by atoms with Gasteiger partial charge >= 0.3 is 0 Å². The Morgan fingerprint density at radius 2 is 2.06 bits per heavy atom. The first-order chi connectivity index (χ1) is 15.7. The molecule has 1 aliphatic rings. The van der Waals surface area contributed by atoms with Crippen molar-refractivity contribution in [3.05, 3.63) is 53.0 Å². The van der Waals surface area contributed by atoms with Gasteiger partial charge in [-0.05, 0) is 51.2 Å². The maximum Gasteiger partial charge on any atom is 0.153 e. The first-order valence-electron chi connectivity index (χ1n) is 10.9. The number of nitrogen functional groups attached to an aromatic ring is 1. The van der Waals surface area contributed by atoms with Crippen LogP contribution >= 0.6 is 11.6 Å². The van der Waals surface area contributed by atoms with E-state index in [1.54, 1.807) is 24.0 Å². The second kappa shape index (κ2) is 9.61. The van der Waals surface area contributed by atoms with E-state index in [-0.39, 0.29) is 29.1 Å². The highest BCUT2D eigenvalue weighted by Gasteiger charge is 2.35.